The average Bonchev–Trinajstić information content (AvgIpc) is 2.58. The number of primary amides is 1. The SMILES string of the molecule is NC(=O)Nc1ccc(CNC(=O)c2cccnc2OCC(F)(F)F)cc1. The fourth-order valence-corrected chi connectivity index (χ4v) is 1.95. The van der Waals surface area contributed by atoms with Crippen LogP contribution in [-0.4, -0.2) is 29.7 Å². The van der Waals surface area contributed by atoms with Crippen molar-refractivity contribution in [1.29, 1.82) is 0 Å². The van der Waals surface area contributed by atoms with Gasteiger partial charge in [0.1, 0.15) is 5.56 Å². The lowest BCUT2D eigenvalue weighted by atomic mass is 10.2. The number of rotatable bonds is 6. The molecule has 10 heteroatoms. The summed E-state index contributed by atoms with van der Waals surface area (Å²) in [7, 11) is 0. The van der Waals surface area contributed by atoms with Gasteiger partial charge in [-0.25, -0.2) is 9.78 Å². The van der Waals surface area contributed by atoms with Crippen LogP contribution >= 0.6 is 0 Å². The summed E-state index contributed by atoms with van der Waals surface area (Å²) in [6.07, 6.45) is -3.31. The van der Waals surface area contributed by atoms with Gasteiger partial charge in [0.05, 0.1) is 0 Å². The standard InChI is InChI=1S/C16H15F3N4O3/c17-16(18,19)9-26-14-12(2-1-7-21-14)13(24)22-8-10-3-5-11(6-4-10)23-15(20)25/h1-7H,8-9H2,(H,22,24)(H3,20,23,25). The fraction of sp³-hybridized carbons (Fsp3) is 0.188. The minimum Gasteiger partial charge on any atom is -0.467 e. The molecule has 0 aliphatic carbocycles. The van der Waals surface area contributed by atoms with E-state index in [-0.39, 0.29) is 12.1 Å². The first-order valence-corrected chi connectivity index (χ1v) is 7.33. The summed E-state index contributed by atoms with van der Waals surface area (Å²) in [5.74, 6) is -1.03. The van der Waals surface area contributed by atoms with Gasteiger partial charge in [0, 0.05) is 18.4 Å². The Morgan fingerprint density at radius 1 is 1.15 bits per heavy atom. The molecule has 0 spiro atoms. The van der Waals surface area contributed by atoms with Gasteiger partial charge in [-0.1, -0.05) is 12.1 Å². The van der Waals surface area contributed by atoms with Crippen molar-refractivity contribution < 1.29 is 27.5 Å². The maximum atomic E-state index is 12.3. The van der Waals surface area contributed by atoms with Crippen LogP contribution in [0.15, 0.2) is 42.6 Å². The second-order valence-corrected chi connectivity index (χ2v) is 5.13. The van der Waals surface area contributed by atoms with Crippen LogP contribution < -0.4 is 21.1 Å². The molecule has 138 valence electrons. The number of nitrogens with two attached hydrogens (primary N) is 1. The zero-order valence-electron chi connectivity index (χ0n) is 13.3. The summed E-state index contributed by atoms with van der Waals surface area (Å²) in [5.41, 5.74) is 6.08. The summed E-state index contributed by atoms with van der Waals surface area (Å²) >= 11 is 0. The van der Waals surface area contributed by atoms with E-state index >= 15 is 0 Å². The van der Waals surface area contributed by atoms with E-state index < -0.39 is 30.6 Å². The van der Waals surface area contributed by atoms with Crippen LogP contribution in [-0.2, 0) is 6.54 Å². The van der Waals surface area contributed by atoms with E-state index in [1.165, 1.54) is 18.3 Å². The Balaban J connectivity index is 1.98. The first-order chi connectivity index (χ1) is 12.2. The van der Waals surface area contributed by atoms with Crippen LogP contribution in [0.4, 0.5) is 23.7 Å². The third-order valence-corrected chi connectivity index (χ3v) is 3.06. The van der Waals surface area contributed by atoms with E-state index in [0.29, 0.717) is 11.3 Å². The Kier molecular flexibility index (Phi) is 5.99. The molecule has 0 bridgehead atoms. The number of urea groups is 1. The van der Waals surface area contributed by atoms with Crippen molar-refractivity contribution in [3.8, 4) is 5.88 Å². The second-order valence-electron chi connectivity index (χ2n) is 5.13. The number of nitrogens with zero attached hydrogens (tertiary/aromatic N) is 1. The number of alkyl halides is 3. The Labute approximate surface area is 146 Å². The van der Waals surface area contributed by atoms with Crippen molar-refractivity contribution in [1.82, 2.24) is 10.3 Å². The van der Waals surface area contributed by atoms with Crippen LogP contribution in [0.3, 0.4) is 0 Å². The molecule has 4 N–H and O–H groups in total. The van der Waals surface area contributed by atoms with E-state index in [2.05, 4.69) is 20.4 Å². The molecule has 0 saturated heterocycles. The predicted molar refractivity (Wildman–Crippen MR) is 86.6 cm³/mol. The Hall–Kier alpha value is -3.30. The number of halogens is 3. The van der Waals surface area contributed by atoms with Gasteiger partial charge >= 0.3 is 12.2 Å². The van der Waals surface area contributed by atoms with E-state index in [0.717, 1.165) is 0 Å². The van der Waals surface area contributed by atoms with Crippen LogP contribution in [0.2, 0.25) is 0 Å². The number of benzene rings is 1. The molecule has 2 aromatic rings. The van der Waals surface area contributed by atoms with Crippen LogP contribution in [0.1, 0.15) is 15.9 Å². The highest BCUT2D eigenvalue weighted by Gasteiger charge is 2.29. The predicted octanol–water partition coefficient (Wildman–Crippen LogP) is 2.44. The van der Waals surface area contributed by atoms with Crippen molar-refractivity contribution in [2.24, 2.45) is 5.73 Å². The Bertz CT molecular complexity index is 779. The van der Waals surface area contributed by atoms with Gasteiger partial charge in [-0.15, -0.1) is 0 Å². The van der Waals surface area contributed by atoms with Crippen molar-refractivity contribution in [2.45, 2.75) is 12.7 Å². The molecule has 0 fully saturated rings. The lowest BCUT2D eigenvalue weighted by Gasteiger charge is -2.12. The first kappa shape index (κ1) is 19.0. The van der Waals surface area contributed by atoms with Crippen molar-refractivity contribution >= 4 is 17.6 Å². The number of amides is 3. The molecule has 2 rings (SSSR count). The summed E-state index contributed by atoms with van der Waals surface area (Å²) in [4.78, 5) is 26.6. The smallest absolute Gasteiger partial charge is 0.422 e. The number of carbonyl (C=O) groups is 2. The quantitative estimate of drug-likeness (QED) is 0.728. The topological polar surface area (TPSA) is 106 Å². The number of hydrogen-bond acceptors (Lipinski definition) is 4. The number of aromatic nitrogens is 1. The molecule has 0 radical (unpaired) electrons. The van der Waals surface area contributed by atoms with Gasteiger partial charge < -0.3 is 21.1 Å². The second kappa shape index (κ2) is 8.19. The van der Waals surface area contributed by atoms with Gasteiger partial charge in [0.2, 0.25) is 5.88 Å². The van der Waals surface area contributed by atoms with E-state index in [1.54, 1.807) is 24.3 Å². The first-order valence-electron chi connectivity index (χ1n) is 7.33. The van der Waals surface area contributed by atoms with Gasteiger partial charge in [-0.05, 0) is 29.8 Å². The van der Waals surface area contributed by atoms with E-state index in [1.807, 2.05) is 0 Å². The Morgan fingerprint density at radius 3 is 2.46 bits per heavy atom. The molecule has 0 aliphatic rings. The van der Waals surface area contributed by atoms with Gasteiger partial charge in [0.15, 0.2) is 6.61 Å². The van der Waals surface area contributed by atoms with Gasteiger partial charge in [-0.2, -0.15) is 13.2 Å². The highest BCUT2D eigenvalue weighted by atomic mass is 19.4. The number of pyridine rings is 1. The molecule has 0 unspecified atom stereocenters. The lowest BCUT2D eigenvalue weighted by molar-refractivity contribution is -0.154. The van der Waals surface area contributed by atoms with E-state index in [4.69, 9.17) is 5.73 Å². The molecule has 3 amide bonds. The monoisotopic (exact) mass is 368 g/mol. The zero-order chi connectivity index (χ0) is 19.2. The zero-order valence-corrected chi connectivity index (χ0v) is 13.3. The normalized spacial score (nSPS) is 10.9. The molecular weight excluding hydrogens is 353 g/mol. The summed E-state index contributed by atoms with van der Waals surface area (Å²) < 4.78 is 41.4. The fourth-order valence-electron chi connectivity index (χ4n) is 1.95. The molecule has 1 aromatic carbocycles. The molecule has 0 aliphatic heterocycles. The molecule has 1 heterocycles. The maximum Gasteiger partial charge on any atom is 0.422 e. The number of carbonyl (C=O) groups excluding carboxylic acids is 2. The number of ether oxygens (including phenoxy) is 1. The minimum absolute atomic E-state index is 0.108. The number of nitrogens with one attached hydrogen (secondary N) is 2. The molecule has 0 atom stereocenters. The highest BCUT2D eigenvalue weighted by molar-refractivity contribution is 5.96. The largest absolute Gasteiger partial charge is 0.467 e. The number of hydrogen-bond donors (Lipinski definition) is 3. The Morgan fingerprint density at radius 2 is 1.85 bits per heavy atom. The minimum atomic E-state index is -4.54. The van der Waals surface area contributed by atoms with Crippen LogP contribution in [0.5, 0.6) is 5.88 Å². The summed E-state index contributed by atoms with van der Waals surface area (Å²) in [6.45, 7) is -1.43. The molecule has 0 saturated carbocycles. The third kappa shape index (κ3) is 5.96. The molecule has 1 aromatic heterocycles. The molecule has 26 heavy (non-hydrogen) atoms. The summed E-state index contributed by atoms with van der Waals surface area (Å²) in [5, 5.41) is 4.95. The molecule has 7 nitrogen and oxygen atoms in total. The van der Waals surface area contributed by atoms with Crippen LogP contribution in [0.25, 0.3) is 0 Å². The number of anilines is 1. The third-order valence-electron chi connectivity index (χ3n) is 3.06. The van der Waals surface area contributed by atoms with Crippen molar-refractivity contribution in [2.75, 3.05) is 11.9 Å². The summed E-state index contributed by atoms with van der Waals surface area (Å²) in [6, 6.07) is 8.51. The van der Waals surface area contributed by atoms with Gasteiger partial charge in [-0.3, -0.25) is 4.79 Å². The average molecular weight is 368 g/mol. The van der Waals surface area contributed by atoms with Crippen molar-refractivity contribution in [3.63, 3.8) is 0 Å². The van der Waals surface area contributed by atoms with Gasteiger partial charge in [0.25, 0.3) is 5.91 Å². The molecular formula is C16H15F3N4O3. The highest BCUT2D eigenvalue weighted by Crippen LogP contribution is 2.20. The van der Waals surface area contributed by atoms with Crippen LogP contribution in [0, 0.1) is 0 Å². The lowest BCUT2D eigenvalue weighted by Crippen LogP contribution is -2.25. The van der Waals surface area contributed by atoms with E-state index in [9.17, 15) is 22.8 Å². The van der Waals surface area contributed by atoms with Crippen molar-refractivity contribution in [3.05, 3.63) is 53.7 Å². The maximum absolute atomic E-state index is 12.3.